The molecular formula is C20H24N6O2S2. The Morgan fingerprint density at radius 1 is 1.10 bits per heavy atom. The molecular weight excluding hydrogens is 420 g/mol. The maximum atomic E-state index is 8.79. The molecule has 0 spiro atoms. The summed E-state index contributed by atoms with van der Waals surface area (Å²) in [5.74, 6) is 1.39. The van der Waals surface area contributed by atoms with Crippen molar-refractivity contribution in [2.45, 2.75) is 25.7 Å². The van der Waals surface area contributed by atoms with E-state index < -0.39 is 0 Å². The number of anilines is 1. The second-order valence-corrected chi connectivity index (χ2v) is 8.45. The van der Waals surface area contributed by atoms with Gasteiger partial charge >= 0.3 is 0 Å². The van der Waals surface area contributed by atoms with Gasteiger partial charge < -0.3 is 20.5 Å². The zero-order valence-electron chi connectivity index (χ0n) is 16.5. The van der Waals surface area contributed by atoms with Gasteiger partial charge in [-0.1, -0.05) is 0 Å². The summed E-state index contributed by atoms with van der Waals surface area (Å²) in [6.45, 7) is 2.61. The summed E-state index contributed by atoms with van der Waals surface area (Å²) in [6, 6.07) is 3.84. The van der Waals surface area contributed by atoms with Crippen molar-refractivity contribution < 1.29 is 9.84 Å². The minimum absolute atomic E-state index is 0.230. The van der Waals surface area contributed by atoms with Gasteiger partial charge in [0.05, 0.1) is 6.61 Å². The molecule has 30 heavy (non-hydrogen) atoms. The average Bonchev–Trinajstić information content (AvgIpc) is 3.45. The number of aromatic nitrogens is 3. The highest BCUT2D eigenvalue weighted by Gasteiger charge is 2.12. The van der Waals surface area contributed by atoms with Gasteiger partial charge in [0.15, 0.2) is 11.1 Å². The normalized spacial score (nSPS) is 13.6. The SMILES string of the molecule is OCCCCCOc1ccc(-c2nc(-c3csc(NC4=NCCCN4)n3)cs2)cn1. The van der Waals surface area contributed by atoms with Crippen LogP contribution in [0.1, 0.15) is 25.7 Å². The number of ether oxygens (including phenoxy) is 1. The van der Waals surface area contributed by atoms with Crippen LogP contribution in [-0.2, 0) is 0 Å². The zero-order chi connectivity index (χ0) is 20.6. The third-order valence-corrected chi connectivity index (χ3v) is 6.08. The number of nitrogens with zero attached hydrogens (tertiary/aromatic N) is 4. The maximum Gasteiger partial charge on any atom is 0.213 e. The summed E-state index contributed by atoms with van der Waals surface area (Å²) >= 11 is 3.10. The maximum absolute atomic E-state index is 8.79. The van der Waals surface area contributed by atoms with Gasteiger partial charge in [-0.2, -0.15) is 0 Å². The minimum atomic E-state index is 0.230. The van der Waals surface area contributed by atoms with E-state index in [0.29, 0.717) is 12.5 Å². The first kappa shape index (κ1) is 20.7. The van der Waals surface area contributed by atoms with Gasteiger partial charge in [0.1, 0.15) is 16.4 Å². The van der Waals surface area contributed by atoms with Gasteiger partial charge in [-0.05, 0) is 31.7 Å². The summed E-state index contributed by atoms with van der Waals surface area (Å²) in [5, 5.41) is 21.0. The molecule has 3 aromatic heterocycles. The third-order valence-electron chi connectivity index (χ3n) is 4.43. The van der Waals surface area contributed by atoms with Crippen LogP contribution in [0.15, 0.2) is 34.1 Å². The Morgan fingerprint density at radius 3 is 2.80 bits per heavy atom. The Kier molecular flexibility index (Phi) is 7.22. The number of rotatable bonds is 9. The minimum Gasteiger partial charge on any atom is -0.478 e. The molecule has 0 saturated heterocycles. The van der Waals surface area contributed by atoms with Crippen molar-refractivity contribution in [2.24, 2.45) is 4.99 Å². The summed E-state index contributed by atoms with van der Waals surface area (Å²) < 4.78 is 5.64. The molecule has 0 aliphatic carbocycles. The van der Waals surface area contributed by atoms with Gasteiger partial charge in [0, 0.05) is 48.3 Å². The molecule has 8 nitrogen and oxygen atoms in total. The van der Waals surface area contributed by atoms with E-state index in [1.54, 1.807) is 17.5 Å². The van der Waals surface area contributed by atoms with Crippen molar-refractivity contribution in [3.63, 3.8) is 0 Å². The average molecular weight is 445 g/mol. The molecule has 0 aromatic carbocycles. The molecule has 4 heterocycles. The Labute approximate surface area is 183 Å². The number of hydrogen-bond donors (Lipinski definition) is 3. The Hall–Kier alpha value is -2.56. The van der Waals surface area contributed by atoms with E-state index in [9.17, 15) is 0 Å². The van der Waals surface area contributed by atoms with Crippen LogP contribution in [-0.4, -0.2) is 52.3 Å². The number of aliphatic hydroxyl groups is 1. The second-order valence-electron chi connectivity index (χ2n) is 6.73. The molecule has 0 unspecified atom stereocenters. The van der Waals surface area contributed by atoms with Crippen molar-refractivity contribution in [1.82, 2.24) is 20.3 Å². The smallest absolute Gasteiger partial charge is 0.213 e. The van der Waals surface area contributed by atoms with Crippen LogP contribution in [0, 0.1) is 0 Å². The summed E-state index contributed by atoms with van der Waals surface area (Å²) in [4.78, 5) is 18.1. The topological polar surface area (TPSA) is 105 Å². The van der Waals surface area contributed by atoms with E-state index in [4.69, 9.17) is 14.8 Å². The monoisotopic (exact) mass is 444 g/mol. The van der Waals surface area contributed by atoms with E-state index in [1.807, 2.05) is 22.9 Å². The van der Waals surface area contributed by atoms with Crippen molar-refractivity contribution in [1.29, 1.82) is 0 Å². The van der Waals surface area contributed by atoms with Crippen LogP contribution in [0.5, 0.6) is 5.88 Å². The highest BCUT2D eigenvalue weighted by molar-refractivity contribution is 7.14. The fourth-order valence-electron chi connectivity index (χ4n) is 2.85. The molecule has 0 amide bonds. The van der Waals surface area contributed by atoms with Crippen molar-refractivity contribution >= 4 is 33.8 Å². The molecule has 10 heteroatoms. The summed E-state index contributed by atoms with van der Waals surface area (Å²) in [7, 11) is 0. The first-order valence-electron chi connectivity index (χ1n) is 9.99. The number of thiazole rings is 2. The van der Waals surface area contributed by atoms with Crippen LogP contribution in [0.4, 0.5) is 5.13 Å². The van der Waals surface area contributed by atoms with Crippen LogP contribution in [0.25, 0.3) is 22.0 Å². The van der Waals surface area contributed by atoms with Crippen LogP contribution >= 0.6 is 22.7 Å². The first-order chi connectivity index (χ1) is 14.8. The van der Waals surface area contributed by atoms with E-state index in [0.717, 1.165) is 71.8 Å². The molecule has 3 aromatic rings. The number of hydrogen-bond acceptors (Lipinski definition) is 10. The molecule has 0 radical (unpaired) electrons. The molecule has 1 aliphatic rings. The van der Waals surface area contributed by atoms with Gasteiger partial charge in [-0.15, -0.1) is 22.7 Å². The molecule has 3 N–H and O–H groups in total. The lowest BCUT2D eigenvalue weighted by atomic mass is 10.2. The largest absolute Gasteiger partial charge is 0.478 e. The number of guanidine groups is 1. The number of pyridine rings is 1. The Balaban J connectivity index is 1.35. The lowest BCUT2D eigenvalue weighted by Crippen LogP contribution is -2.35. The standard InChI is InChI=1S/C20H24N6O2S2/c27-9-2-1-3-10-28-17-6-5-14(11-23-17)18-24-15(12-29-18)16-13-30-20(25-16)26-19-21-7-4-8-22-19/h5-6,11-13,27H,1-4,7-10H2,(H2,21,22,25,26). The van der Waals surface area contributed by atoms with Crippen molar-refractivity contribution in [3.05, 3.63) is 29.1 Å². The fraction of sp³-hybridized carbons (Fsp3) is 0.400. The number of nitrogens with one attached hydrogen (secondary N) is 2. The van der Waals surface area contributed by atoms with Crippen molar-refractivity contribution in [3.8, 4) is 27.8 Å². The molecule has 158 valence electrons. The predicted molar refractivity (Wildman–Crippen MR) is 121 cm³/mol. The van der Waals surface area contributed by atoms with Crippen LogP contribution in [0.3, 0.4) is 0 Å². The number of aliphatic hydroxyl groups excluding tert-OH is 1. The highest BCUT2D eigenvalue weighted by atomic mass is 32.1. The molecule has 0 fully saturated rings. The number of aliphatic imine (C=N–C) groups is 1. The second kappa shape index (κ2) is 10.5. The zero-order valence-corrected chi connectivity index (χ0v) is 18.1. The van der Waals surface area contributed by atoms with Gasteiger partial charge in [0.25, 0.3) is 0 Å². The summed E-state index contributed by atoms with van der Waals surface area (Å²) in [6.07, 6.45) is 5.52. The highest BCUT2D eigenvalue weighted by Crippen LogP contribution is 2.31. The van der Waals surface area contributed by atoms with E-state index >= 15 is 0 Å². The number of unbranched alkanes of at least 4 members (excludes halogenated alkanes) is 2. The van der Waals surface area contributed by atoms with Crippen LogP contribution in [0.2, 0.25) is 0 Å². The van der Waals surface area contributed by atoms with Gasteiger partial charge in [0.2, 0.25) is 5.88 Å². The lowest BCUT2D eigenvalue weighted by molar-refractivity contribution is 0.262. The molecule has 1 aliphatic heterocycles. The third kappa shape index (κ3) is 5.53. The molecule has 0 atom stereocenters. The van der Waals surface area contributed by atoms with Crippen molar-refractivity contribution in [2.75, 3.05) is 31.6 Å². The predicted octanol–water partition coefficient (Wildman–Crippen LogP) is 3.63. The quantitative estimate of drug-likeness (QED) is 0.433. The first-order valence-corrected chi connectivity index (χ1v) is 11.7. The van der Waals surface area contributed by atoms with Gasteiger partial charge in [-0.3, -0.25) is 4.99 Å². The fourth-order valence-corrected chi connectivity index (χ4v) is 4.36. The molecule has 0 saturated carbocycles. The molecule has 4 rings (SSSR count). The van der Waals surface area contributed by atoms with Crippen LogP contribution < -0.4 is 15.4 Å². The van der Waals surface area contributed by atoms with E-state index in [1.165, 1.54) is 11.3 Å². The lowest BCUT2D eigenvalue weighted by Gasteiger charge is -2.13. The Bertz CT molecular complexity index is 970. The summed E-state index contributed by atoms with van der Waals surface area (Å²) in [5.41, 5.74) is 2.65. The van der Waals surface area contributed by atoms with Gasteiger partial charge in [-0.25, -0.2) is 15.0 Å². The molecule has 0 bridgehead atoms. The van der Waals surface area contributed by atoms with E-state index in [-0.39, 0.29) is 6.61 Å². The Morgan fingerprint density at radius 2 is 2.00 bits per heavy atom. The van der Waals surface area contributed by atoms with E-state index in [2.05, 4.69) is 25.6 Å².